The van der Waals surface area contributed by atoms with E-state index in [4.69, 9.17) is 18.0 Å². The van der Waals surface area contributed by atoms with Gasteiger partial charge in [-0.1, -0.05) is 38.2 Å². The molecule has 106 valence electrons. The Morgan fingerprint density at radius 1 is 1.25 bits per heavy atom. The molecule has 1 fully saturated rings. The van der Waals surface area contributed by atoms with Gasteiger partial charge in [-0.15, -0.1) is 0 Å². The number of carbonyl (C=O) groups is 2. The van der Waals surface area contributed by atoms with Crippen LogP contribution in [0.15, 0.2) is 18.2 Å². The molecule has 0 aromatic heterocycles. The number of aryl methyl sites for hydroxylation is 1. The standard InChI is InChI=1S/C15H18N2O2S/c1-9-5-4-6-10(13(9)14(16)20)17-11(18)7-15(2,3)8-12(17)19/h4-6H,7-8H2,1-3H3,(H2,16,20). The molecule has 0 aliphatic carbocycles. The van der Waals surface area contributed by atoms with Crippen molar-refractivity contribution >= 4 is 34.7 Å². The molecule has 2 amide bonds. The van der Waals surface area contributed by atoms with Crippen molar-refractivity contribution in [3.05, 3.63) is 29.3 Å². The van der Waals surface area contributed by atoms with Gasteiger partial charge in [-0.25, -0.2) is 4.90 Å². The van der Waals surface area contributed by atoms with Crippen LogP contribution in [0.2, 0.25) is 0 Å². The van der Waals surface area contributed by atoms with Crippen LogP contribution in [-0.2, 0) is 9.59 Å². The van der Waals surface area contributed by atoms with Gasteiger partial charge in [-0.2, -0.15) is 0 Å². The van der Waals surface area contributed by atoms with Crippen LogP contribution < -0.4 is 10.6 Å². The molecule has 1 heterocycles. The molecule has 2 N–H and O–H groups in total. The summed E-state index contributed by atoms with van der Waals surface area (Å²) in [5, 5.41) is 0. The SMILES string of the molecule is Cc1cccc(N2C(=O)CC(C)(C)CC2=O)c1C(N)=S. The van der Waals surface area contributed by atoms with Crippen LogP contribution >= 0.6 is 12.2 Å². The quantitative estimate of drug-likeness (QED) is 0.670. The van der Waals surface area contributed by atoms with Crippen LogP contribution in [0, 0.1) is 12.3 Å². The lowest BCUT2D eigenvalue weighted by molar-refractivity contribution is -0.132. The van der Waals surface area contributed by atoms with E-state index in [2.05, 4.69) is 0 Å². The molecular weight excluding hydrogens is 272 g/mol. The fourth-order valence-electron chi connectivity index (χ4n) is 2.61. The van der Waals surface area contributed by atoms with Crippen molar-refractivity contribution in [3.8, 4) is 0 Å². The zero-order valence-corrected chi connectivity index (χ0v) is 12.7. The van der Waals surface area contributed by atoms with Crippen molar-refractivity contribution in [2.45, 2.75) is 33.6 Å². The van der Waals surface area contributed by atoms with Gasteiger partial charge in [0.2, 0.25) is 11.8 Å². The van der Waals surface area contributed by atoms with Crippen molar-refractivity contribution < 1.29 is 9.59 Å². The highest BCUT2D eigenvalue weighted by atomic mass is 32.1. The Kier molecular flexibility index (Phi) is 3.65. The molecule has 1 aromatic rings. The monoisotopic (exact) mass is 290 g/mol. The summed E-state index contributed by atoms with van der Waals surface area (Å²) in [5.74, 6) is -0.399. The van der Waals surface area contributed by atoms with Crippen molar-refractivity contribution in [2.24, 2.45) is 11.1 Å². The number of thiocarbonyl (C=S) groups is 1. The molecule has 0 bridgehead atoms. The molecule has 2 rings (SSSR count). The Bertz CT molecular complexity index is 588. The Morgan fingerprint density at radius 3 is 2.30 bits per heavy atom. The van der Waals surface area contributed by atoms with E-state index >= 15 is 0 Å². The van der Waals surface area contributed by atoms with Crippen LogP contribution in [-0.4, -0.2) is 16.8 Å². The fraction of sp³-hybridized carbons (Fsp3) is 0.400. The van der Waals surface area contributed by atoms with E-state index < -0.39 is 0 Å². The number of hydrogen-bond acceptors (Lipinski definition) is 3. The summed E-state index contributed by atoms with van der Waals surface area (Å²) in [6.45, 7) is 5.70. The maximum absolute atomic E-state index is 12.3. The van der Waals surface area contributed by atoms with Crippen molar-refractivity contribution in [1.29, 1.82) is 0 Å². The Balaban J connectivity index is 2.52. The molecule has 0 saturated carbocycles. The third-order valence-corrected chi connectivity index (χ3v) is 3.70. The molecular formula is C15H18N2O2S. The minimum absolute atomic E-state index is 0.198. The van der Waals surface area contributed by atoms with Gasteiger partial charge in [0.15, 0.2) is 0 Å². The third-order valence-electron chi connectivity index (χ3n) is 3.50. The van der Waals surface area contributed by atoms with Gasteiger partial charge in [-0.05, 0) is 24.0 Å². The van der Waals surface area contributed by atoms with E-state index in [9.17, 15) is 9.59 Å². The van der Waals surface area contributed by atoms with E-state index in [1.807, 2.05) is 26.8 Å². The number of anilines is 1. The summed E-state index contributed by atoms with van der Waals surface area (Å²) in [4.78, 5) is 26.1. The number of rotatable bonds is 2. The van der Waals surface area contributed by atoms with Crippen molar-refractivity contribution in [3.63, 3.8) is 0 Å². The highest BCUT2D eigenvalue weighted by Gasteiger charge is 2.39. The molecule has 0 spiro atoms. The van der Waals surface area contributed by atoms with Crippen molar-refractivity contribution in [2.75, 3.05) is 4.90 Å². The zero-order valence-electron chi connectivity index (χ0n) is 11.9. The fourth-order valence-corrected chi connectivity index (χ4v) is 2.87. The third kappa shape index (κ3) is 2.58. The molecule has 4 nitrogen and oxygen atoms in total. The number of amides is 2. The number of nitrogens with zero attached hydrogens (tertiary/aromatic N) is 1. The summed E-state index contributed by atoms with van der Waals surface area (Å²) >= 11 is 5.06. The molecule has 1 aromatic carbocycles. The average molecular weight is 290 g/mol. The molecule has 1 saturated heterocycles. The number of benzene rings is 1. The van der Waals surface area contributed by atoms with Gasteiger partial charge in [-0.3, -0.25) is 9.59 Å². The first-order chi connectivity index (χ1) is 9.23. The lowest BCUT2D eigenvalue weighted by atomic mass is 9.81. The van der Waals surface area contributed by atoms with E-state index in [1.165, 1.54) is 4.90 Å². The second-order valence-corrected chi connectivity index (χ2v) is 6.41. The Labute approximate surface area is 123 Å². The summed E-state index contributed by atoms with van der Waals surface area (Å²) in [6, 6.07) is 5.38. The van der Waals surface area contributed by atoms with Crippen LogP contribution in [0.4, 0.5) is 5.69 Å². The highest BCUT2D eigenvalue weighted by Crippen LogP contribution is 2.35. The minimum atomic E-state index is -0.294. The first-order valence-corrected chi connectivity index (χ1v) is 6.89. The van der Waals surface area contributed by atoms with Gasteiger partial charge in [0.25, 0.3) is 0 Å². The summed E-state index contributed by atoms with van der Waals surface area (Å²) in [6.07, 6.45) is 0.674. The summed E-state index contributed by atoms with van der Waals surface area (Å²) < 4.78 is 0. The average Bonchev–Trinajstić information content (AvgIpc) is 2.25. The number of hydrogen-bond donors (Lipinski definition) is 1. The van der Waals surface area contributed by atoms with Gasteiger partial charge < -0.3 is 5.73 Å². The second kappa shape index (κ2) is 4.98. The highest BCUT2D eigenvalue weighted by molar-refractivity contribution is 7.80. The molecule has 0 unspecified atom stereocenters. The molecule has 5 heteroatoms. The maximum Gasteiger partial charge on any atom is 0.234 e. The maximum atomic E-state index is 12.3. The predicted octanol–water partition coefficient (Wildman–Crippen LogP) is 2.31. The number of imide groups is 1. The normalized spacial score (nSPS) is 18.2. The van der Waals surface area contributed by atoms with Gasteiger partial charge in [0, 0.05) is 18.4 Å². The smallest absolute Gasteiger partial charge is 0.234 e. The molecule has 1 aliphatic rings. The van der Waals surface area contributed by atoms with Gasteiger partial charge in [0.1, 0.15) is 4.99 Å². The number of carbonyl (C=O) groups excluding carboxylic acids is 2. The minimum Gasteiger partial charge on any atom is -0.389 e. The first-order valence-electron chi connectivity index (χ1n) is 6.48. The second-order valence-electron chi connectivity index (χ2n) is 5.97. The first kappa shape index (κ1) is 14.7. The van der Waals surface area contributed by atoms with Crippen LogP contribution in [0.3, 0.4) is 0 Å². The Morgan fingerprint density at radius 2 is 1.80 bits per heavy atom. The molecule has 1 aliphatic heterocycles. The summed E-state index contributed by atoms with van der Waals surface area (Å²) in [7, 11) is 0. The van der Waals surface area contributed by atoms with E-state index in [1.54, 1.807) is 12.1 Å². The summed E-state index contributed by atoms with van der Waals surface area (Å²) in [5.41, 5.74) is 7.42. The molecule has 0 radical (unpaired) electrons. The number of piperidine rings is 1. The van der Waals surface area contributed by atoms with E-state index in [0.717, 1.165) is 5.56 Å². The molecule has 20 heavy (non-hydrogen) atoms. The van der Waals surface area contributed by atoms with Crippen molar-refractivity contribution in [1.82, 2.24) is 0 Å². The predicted molar refractivity (Wildman–Crippen MR) is 82.6 cm³/mol. The van der Waals surface area contributed by atoms with E-state index in [0.29, 0.717) is 24.1 Å². The van der Waals surface area contributed by atoms with Gasteiger partial charge in [0.05, 0.1) is 5.69 Å². The van der Waals surface area contributed by atoms with Crippen LogP contribution in [0.25, 0.3) is 0 Å². The topological polar surface area (TPSA) is 63.4 Å². The van der Waals surface area contributed by atoms with Gasteiger partial charge >= 0.3 is 0 Å². The lowest BCUT2D eigenvalue weighted by Crippen LogP contribution is -2.47. The lowest BCUT2D eigenvalue weighted by Gasteiger charge is -2.35. The largest absolute Gasteiger partial charge is 0.389 e. The number of nitrogens with two attached hydrogens (primary N) is 1. The zero-order chi connectivity index (χ0) is 15.1. The van der Waals surface area contributed by atoms with E-state index in [-0.39, 0.29) is 22.2 Å². The Hall–Kier alpha value is -1.75. The van der Waals surface area contributed by atoms with Crippen LogP contribution in [0.1, 0.15) is 37.8 Å². The van der Waals surface area contributed by atoms with Crippen LogP contribution in [0.5, 0.6) is 0 Å². The molecule has 0 atom stereocenters.